The van der Waals surface area contributed by atoms with E-state index < -0.39 is 0 Å². The van der Waals surface area contributed by atoms with Crippen LogP contribution in [0.15, 0.2) is 24.3 Å². The first-order chi connectivity index (χ1) is 9.02. The van der Waals surface area contributed by atoms with Gasteiger partial charge in [-0.05, 0) is 31.4 Å². The molecule has 0 bridgehead atoms. The van der Waals surface area contributed by atoms with Gasteiger partial charge in [0, 0.05) is 12.5 Å². The molecule has 0 saturated carbocycles. The van der Waals surface area contributed by atoms with Crippen molar-refractivity contribution in [2.24, 2.45) is 5.92 Å². The van der Waals surface area contributed by atoms with Crippen molar-refractivity contribution < 1.29 is 9.53 Å². The van der Waals surface area contributed by atoms with E-state index in [-0.39, 0.29) is 17.9 Å². The maximum absolute atomic E-state index is 11.7. The molecule has 0 spiro atoms. The van der Waals surface area contributed by atoms with Crippen LogP contribution in [0.2, 0.25) is 0 Å². The molecule has 0 aromatic heterocycles. The third kappa shape index (κ3) is 5.88. The van der Waals surface area contributed by atoms with Crippen LogP contribution in [-0.4, -0.2) is 12.0 Å². The summed E-state index contributed by atoms with van der Waals surface area (Å²) < 4.78 is 5.58. The van der Waals surface area contributed by atoms with E-state index in [9.17, 15) is 4.79 Å². The summed E-state index contributed by atoms with van der Waals surface area (Å²) in [6.07, 6.45) is 1.10. The van der Waals surface area contributed by atoms with E-state index in [4.69, 9.17) is 4.74 Å². The van der Waals surface area contributed by atoms with Crippen LogP contribution in [0, 0.1) is 5.92 Å². The Bertz CT molecular complexity index is 401. The van der Waals surface area contributed by atoms with Crippen molar-refractivity contribution in [3.63, 3.8) is 0 Å². The van der Waals surface area contributed by atoms with Gasteiger partial charge in [-0.1, -0.05) is 38.1 Å². The normalized spacial score (nSPS) is 12.5. The highest BCUT2D eigenvalue weighted by Gasteiger charge is 2.09. The number of hydrogen-bond donors (Lipinski definition) is 1. The molecule has 0 aliphatic carbocycles. The van der Waals surface area contributed by atoms with Gasteiger partial charge < -0.3 is 10.1 Å². The van der Waals surface area contributed by atoms with E-state index in [0.29, 0.717) is 13.2 Å². The number of carbonyl (C=O) groups excluding carboxylic acids is 1. The third-order valence-electron chi connectivity index (χ3n) is 3.10. The van der Waals surface area contributed by atoms with Gasteiger partial charge in [0.15, 0.2) is 0 Å². The summed E-state index contributed by atoms with van der Waals surface area (Å²) in [7, 11) is 0. The van der Waals surface area contributed by atoms with Crippen molar-refractivity contribution in [3.05, 3.63) is 35.4 Å². The Morgan fingerprint density at radius 2 is 1.95 bits per heavy atom. The predicted octanol–water partition coefficient (Wildman–Crippen LogP) is 3.27. The third-order valence-corrected chi connectivity index (χ3v) is 3.10. The van der Waals surface area contributed by atoms with E-state index in [1.807, 2.05) is 45.9 Å². The number of carbonyl (C=O) groups is 1. The molecule has 19 heavy (non-hydrogen) atoms. The highest BCUT2D eigenvalue weighted by molar-refractivity contribution is 5.78. The smallest absolute Gasteiger partial charge is 0.223 e. The summed E-state index contributed by atoms with van der Waals surface area (Å²) in [5.41, 5.74) is 2.26. The summed E-state index contributed by atoms with van der Waals surface area (Å²) in [6, 6.07) is 8.15. The van der Waals surface area contributed by atoms with Gasteiger partial charge >= 0.3 is 0 Å². The Morgan fingerprint density at radius 1 is 1.26 bits per heavy atom. The Kier molecular flexibility index (Phi) is 6.57. The minimum absolute atomic E-state index is 0.0763. The summed E-state index contributed by atoms with van der Waals surface area (Å²) in [6.45, 7) is 9.21. The predicted molar refractivity (Wildman–Crippen MR) is 77.7 cm³/mol. The molecule has 0 aliphatic rings. The molecule has 3 heteroatoms. The zero-order valence-corrected chi connectivity index (χ0v) is 12.4. The number of rotatable bonds is 7. The van der Waals surface area contributed by atoms with Crippen LogP contribution in [-0.2, 0) is 22.7 Å². The lowest BCUT2D eigenvalue weighted by Gasteiger charge is -2.11. The molecule has 0 unspecified atom stereocenters. The topological polar surface area (TPSA) is 38.3 Å². The van der Waals surface area contributed by atoms with Gasteiger partial charge in [0.25, 0.3) is 0 Å². The number of hydrogen-bond acceptors (Lipinski definition) is 2. The second-order valence-corrected chi connectivity index (χ2v) is 5.21. The highest BCUT2D eigenvalue weighted by atomic mass is 16.5. The molecular formula is C16H25NO2. The van der Waals surface area contributed by atoms with Gasteiger partial charge in [-0.2, -0.15) is 0 Å². The molecule has 1 amide bonds. The van der Waals surface area contributed by atoms with Gasteiger partial charge in [0.1, 0.15) is 0 Å². The lowest BCUT2D eigenvalue weighted by atomic mass is 10.1. The zero-order chi connectivity index (χ0) is 14.3. The molecule has 3 nitrogen and oxygen atoms in total. The molecule has 1 aromatic carbocycles. The number of benzene rings is 1. The fraction of sp³-hybridized carbons (Fsp3) is 0.562. The Labute approximate surface area is 116 Å². The van der Waals surface area contributed by atoms with Crippen LogP contribution in [0.1, 0.15) is 45.2 Å². The fourth-order valence-corrected chi connectivity index (χ4v) is 1.64. The molecule has 0 fully saturated rings. The van der Waals surface area contributed by atoms with Crippen LogP contribution < -0.4 is 5.32 Å². The van der Waals surface area contributed by atoms with Crippen LogP contribution >= 0.6 is 0 Å². The van der Waals surface area contributed by atoms with Crippen molar-refractivity contribution in [3.8, 4) is 0 Å². The highest BCUT2D eigenvalue weighted by Crippen LogP contribution is 2.08. The molecule has 0 radical (unpaired) electrons. The molecule has 1 N–H and O–H groups in total. The first kappa shape index (κ1) is 15.7. The van der Waals surface area contributed by atoms with E-state index in [1.165, 1.54) is 0 Å². The summed E-state index contributed by atoms with van der Waals surface area (Å²) in [4.78, 5) is 11.7. The minimum atomic E-state index is 0.0763. The van der Waals surface area contributed by atoms with Gasteiger partial charge in [0.05, 0.1) is 12.7 Å². The second-order valence-electron chi connectivity index (χ2n) is 5.21. The lowest BCUT2D eigenvalue weighted by molar-refractivity contribution is -0.124. The average molecular weight is 263 g/mol. The van der Waals surface area contributed by atoms with Crippen molar-refractivity contribution in [2.45, 2.75) is 53.4 Å². The standard InChI is InChI=1S/C16H25NO2/c1-5-13(4)16(18)17-10-14-7-6-8-15(9-14)11-19-12(2)3/h6-9,12-13H,5,10-11H2,1-4H3,(H,17,18)/t13-/m0/s1. The molecule has 0 aliphatic heterocycles. The van der Waals surface area contributed by atoms with Crippen LogP contribution in [0.4, 0.5) is 0 Å². The Balaban J connectivity index is 2.50. The van der Waals surface area contributed by atoms with Gasteiger partial charge in [-0.15, -0.1) is 0 Å². The molecule has 0 heterocycles. The average Bonchev–Trinajstić information content (AvgIpc) is 2.42. The van der Waals surface area contributed by atoms with Crippen molar-refractivity contribution in [1.82, 2.24) is 5.32 Å². The second kappa shape index (κ2) is 7.95. The van der Waals surface area contributed by atoms with E-state index >= 15 is 0 Å². The van der Waals surface area contributed by atoms with Crippen molar-refractivity contribution >= 4 is 5.91 Å². The number of ether oxygens (including phenoxy) is 1. The first-order valence-corrected chi connectivity index (χ1v) is 7.00. The molecule has 1 aromatic rings. The summed E-state index contributed by atoms with van der Waals surface area (Å²) >= 11 is 0. The zero-order valence-electron chi connectivity index (χ0n) is 12.4. The van der Waals surface area contributed by atoms with Crippen LogP contribution in [0.5, 0.6) is 0 Å². The summed E-state index contributed by atoms with van der Waals surface area (Å²) in [5.74, 6) is 0.193. The van der Waals surface area contributed by atoms with Gasteiger partial charge in [-0.3, -0.25) is 4.79 Å². The Morgan fingerprint density at radius 3 is 2.58 bits per heavy atom. The van der Waals surface area contributed by atoms with Crippen LogP contribution in [0.25, 0.3) is 0 Å². The SMILES string of the molecule is CC[C@H](C)C(=O)NCc1cccc(COC(C)C)c1. The first-order valence-electron chi connectivity index (χ1n) is 7.00. The summed E-state index contributed by atoms with van der Waals surface area (Å²) in [5, 5.41) is 2.96. The maximum Gasteiger partial charge on any atom is 0.223 e. The molecule has 1 atom stereocenters. The number of nitrogens with one attached hydrogen (secondary N) is 1. The maximum atomic E-state index is 11.7. The largest absolute Gasteiger partial charge is 0.374 e. The van der Waals surface area contributed by atoms with Crippen LogP contribution in [0.3, 0.4) is 0 Å². The minimum Gasteiger partial charge on any atom is -0.374 e. The Hall–Kier alpha value is -1.35. The molecule has 1 rings (SSSR count). The number of amides is 1. The van der Waals surface area contributed by atoms with Crippen molar-refractivity contribution in [1.29, 1.82) is 0 Å². The van der Waals surface area contributed by atoms with E-state index in [1.54, 1.807) is 0 Å². The monoisotopic (exact) mass is 263 g/mol. The van der Waals surface area contributed by atoms with Gasteiger partial charge in [0.2, 0.25) is 5.91 Å². The van der Waals surface area contributed by atoms with E-state index in [0.717, 1.165) is 17.5 Å². The molecule has 0 saturated heterocycles. The molecular weight excluding hydrogens is 238 g/mol. The fourth-order valence-electron chi connectivity index (χ4n) is 1.64. The lowest BCUT2D eigenvalue weighted by Crippen LogP contribution is -2.28. The quantitative estimate of drug-likeness (QED) is 0.820. The molecule has 106 valence electrons. The van der Waals surface area contributed by atoms with Crippen molar-refractivity contribution in [2.75, 3.05) is 0 Å². The van der Waals surface area contributed by atoms with E-state index in [2.05, 4.69) is 11.4 Å². The van der Waals surface area contributed by atoms with Gasteiger partial charge in [-0.25, -0.2) is 0 Å².